The van der Waals surface area contributed by atoms with Crippen molar-refractivity contribution in [3.05, 3.63) is 137 Å². The van der Waals surface area contributed by atoms with E-state index >= 15 is 0 Å². The Morgan fingerprint density at radius 3 is 1.98 bits per heavy atom. The monoisotopic (exact) mass is 543 g/mol. The standard InChI is InChI=1S/C35H33N3O3/c1-24-17-18-25(2)31(19-24)37-35(41)32(22-28-23-36-30-16-10-9-15-29(28)30)38(33(39)20-26-11-5-3-6-12-26)34(40)21-27-13-7-4-8-14-27/h3-19,23,32,36H,20-22H2,1-2H3,(H,37,41). The summed E-state index contributed by atoms with van der Waals surface area (Å²) in [4.78, 5) is 46.5. The van der Waals surface area contributed by atoms with Gasteiger partial charge in [-0.25, -0.2) is 0 Å². The number of hydrogen-bond donors (Lipinski definition) is 2. The average molecular weight is 544 g/mol. The predicted octanol–water partition coefficient (Wildman–Crippen LogP) is 6.18. The fraction of sp³-hybridized carbons (Fsp3) is 0.171. The van der Waals surface area contributed by atoms with Crippen LogP contribution in [0, 0.1) is 13.8 Å². The molecule has 0 saturated carbocycles. The van der Waals surface area contributed by atoms with Crippen LogP contribution in [0.5, 0.6) is 0 Å². The van der Waals surface area contributed by atoms with Gasteiger partial charge >= 0.3 is 0 Å². The number of hydrogen-bond acceptors (Lipinski definition) is 3. The maximum atomic E-state index is 14.1. The topological polar surface area (TPSA) is 82.3 Å². The van der Waals surface area contributed by atoms with E-state index in [0.717, 1.165) is 38.7 Å². The maximum absolute atomic E-state index is 14.1. The Morgan fingerprint density at radius 1 is 0.756 bits per heavy atom. The van der Waals surface area contributed by atoms with Crippen LogP contribution in [0.25, 0.3) is 10.9 Å². The molecule has 0 fully saturated rings. The number of imide groups is 1. The summed E-state index contributed by atoms with van der Waals surface area (Å²) in [6.07, 6.45) is 2.02. The van der Waals surface area contributed by atoms with Crippen LogP contribution in [0.15, 0.2) is 109 Å². The number of nitrogens with zero attached hydrogens (tertiary/aromatic N) is 1. The molecule has 0 aliphatic rings. The minimum Gasteiger partial charge on any atom is -0.361 e. The van der Waals surface area contributed by atoms with Crippen LogP contribution in [0.2, 0.25) is 0 Å². The number of aromatic amines is 1. The normalized spacial score (nSPS) is 11.7. The van der Waals surface area contributed by atoms with Gasteiger partial charge in [-0.2, -0.15) is 0 Å². The Labute approximate surface area is 240 Å². The number of rotatable bonds is 9. The molecule has 1 unspecified atom stereocenters. The van der Waals surface area contributed by atoms with Crippen LogP contribution in [0.4, 0.5) is 5.69 Å². The van der Waals surface area contributed by atoms with Gasteiger partial charge in [0.15, 0.2) is 0 Å². The van der Waals surface area contributed by atoms with Gasteiger partial charge in [-0.1, -0.05) is 91.0 Å². The van der Waals surface area contributed by atoms with Gasteiger partial charge in [0.05, 0.1) is 12.8 Å². The third-order valence-electron chi connectivity index (χ3n) is 7.29. The highest BCUT2D eigenvalue weighted by atomic mass is 16.2. The Hall–Kier alpha value is -4.97. The minimum atomic E-state index is -1.07. The highest BCUT2D eigenvalue weighted by Gasteiger charge is 2.35. The van der Waals surface area contributed by atoms with Crippen molar-refractivity contribution < 1.29 is 14.4 Å². The third kappa shape index (κ3) is 6.61. The fourth-order valence-corrected chi connectivity index (χ4v) is 5.09. The number of fused-ring (bicyclic) bond motifs is 1. The first-order valence-electron chi connectivity index (χ1n) is 13.7. The molecular formula is C35H33N3O3. The summed E-state index contributed by atoms with van der Waals surface area (Å²) in [5.74, 6) is -1.25. The maximum Gasteiger partial charge on any atom is 0.248 e. The molecule has 4 aromatic carbocycles. The first kappa shape index (κ1) is 27.6. The van der Waals surface area contributed by atoms with Gasteiger partial charge < -0.3 is 10.3 Å². The van der Waals surface area contributed by atoms with Crippen LogP contribution in [0.3, 0.4) is 0 Å². The Morgan fingerprint density at radius 2 is 1.34 bits per heavy atom. The van der Waals surface area contributed by atoms with Gasteiger partial charge in [-0.05, 0) is 53.8 Å². The molecule has 206 valence electrons. The number of carbonyl (C=O) groups is 3. The van der Waals surface area contributed by atoms with Gasteiger partial charge in [0, 0.05) is 29.2 Å². The molecular weight excluding hydrogens is 510 g/mol. The summed E-state index contributed by atoms with van der Waals surface area (Å²) in [7, 11) is 0. The van der Waals surface area contributed by atoms with Crippen LogP contribution in [-0.2, 0) is 33.6 Å². The first-order valence-corrected chi connectivity index (χ1v) is 13.7. The van der Waals surface area contributed by atoms with Crippen LogP contribution < -0.4 is 5.32 Å². The molecule has 1 aromatic heterocycles. The molecule has 0 aliphatic carbocycles. The second-order valence-corrected chi connectivity index (χ2v) is 10.4. The summed E-state index contributed by atoms with van der Waals surface area (Å²) in [6.45, 7) is 3.88. The Balaban J connectivity index is 1.56. The molecule has 6 nitrogen and oxygen atoms in total. The molecule has 5 aromatic rings. The van der Waals surface area contributed by atoms with Gasteiger partial charge in [-0.15, -0.1) is 0 Å². The zero-order chi connectivity index (χ0) is 28.8. The zero-order valence-electron chi connectivity index (χ0n) is 23.3. The molecule has 0 aliphatic heterocycles. The Kier molecular flexibility index (Phi) is 8.39. The van der Waals surface area contributed by atoms with E-state index in [-0.39, 0.29) is 19.3 Å². The molecule has 0 bridgehead atoms. The van der Waals surface area contributed by atoms with Crippen molar-refractivity contribution in [1.29, 1.82) is 0 Å². The molecule has 1 heterocycles. The number of aryl methyl sites for hydroxylation is 2. The molecule has 0 saturated heterocycles. The van der Waals surface area contributed by atoms with Crippen LogP contribution in [-0.4, -0.2) is 33.6 Å². The van der Waals surface area contributed by atoms with E-state index in [4.69, 9.17) is 0 Å². The zero-order valence-corrected chi connectivity index (χ0v) is 23.3. The van der Waals surface area contributed by atoms with Crippen molar-refractivity contribution in [3.63, 3.8) is 0 Å². The third-order valence-corrected chi connectivity index (χ3v) is 7.29. The van der Waals surface area contributed by atoms with Gasteiger partial charge in [-0.3, -0.25) is 19.3 Å². The largest absolute Gasteiger partial charge is 0.361 e. The number of H-pyrrole nitrogens is 1. The van der Waals surface area contributed by atoms with Crippen molar-refractivity contribution in [2.75, 3.05) is 5.32 Å². The number of amides is 3. The first-order chi connectivity index (χ1) is 19.9. The SMILES string of the molecule is Cc1ccc(C)c(NC(=O)C(Cc2c[nH]c3ccccc23)N(C(=O)Cc2ccccc2)C(=O)Cc2ccccc2)c1. The molecule has 1 atom stereocenters. The number of carbonyl (C=O) groups excluding carboxylic acids is 3. The summed E-state index contributed by atoms with van der Waals surface area (Å²) < 4.78 is 0. The van der Waals surface area contributed by atoms with Crippen molar-refractivity contribution in [2.45, 2.75) is 39.2 Å². The molecule has 3 amide bonds. The number of para-hydroxylation sites is 1. The van der Waals surface area contributed by atoms with Crippen LogP contribution in [0.1, 0.15) is 27.8 Å². The molecule has 5 rings (SSSR count). The molecule has 2 N–H and O–H groups in total. The lowest BCUT2D eigenvalue weighted by molar-refractivity contribution is -0.150. The molecule has 0 radical (unpaired) electrons. The number of benzene rings is 4. The molecule has 41 heavy (non-hydrogen) atoms. The second-order valence-electron chi connectivity index (χ2n) is 10.4. The van der Waals surface area contributed by atoms with Crippen molar-refractivity contribution in [1.82, 2.24) is 9.88 Å². The molecule has 0 spiro atoms. The summed E-state index contributed by atoms with van der Waals surface area (Å²) >= 11 is 0. The second kappa shape index (κ2) is 12.5. The minimum absolute atomic E-state index is 0.00249. The van der Waals surface area contributed by atoms with Gasteiger partial charge in [0.1, 0.15) is 6.04 Å². The van der Waals surface area contributed by atoms with Crippen molar-refractivity contribution in [3.8, 4) is 0 Å². The number of aromatic nitrogens is 1. The van der Waals surface area contributed by atoms with Crippen molar-refractivity contribution in [2.24, 2.45) is 0 Å². The fourth-order valence-electron chi connectivity index (χ4n) is 5.09. The van der Waals surface area contributed by atoms with E-state index in [1.165, 1.54) is 4.90 Å². The lowest BCUT2D eigenvalue weighted by Gasteiger charge is -2.30. The molecule has 6 heteroatoms. The van der Waals surface area contributed by atoms with E-state index in [2.05, 4.69) is 10.3 Å². The van der Waals surface area contributed by atoms with E-state index in [9.17, 15) is 14.4 Å². The summed E-state index contributed by atoms with van der Waals surface area (Å²) in [6, 6.07) is 31.1. The number of anilines is 1. The average Bonchev–Trinajstić information content (AvgIpc) is 3.38. The van der Waals surface area contributed by atoms with E-state index in [0.29, 0.717) is 5.69 Å². The Bertz CT molecular complexity index is 1620. The van der Waals surface area contributed by atoms with Gasteiger partial charge in [0.25, 0.3) is 0 Å². The highest BCUT2D eigenvalue weighted by Crippen LogP contribution is 2.24. The van der Waals surface area contributed by atoms with Crippen LogP contribution >= 0.6 is 0 Å². The lowest BCUT2D eigenvalue weighted by Crippen LogP contribution is -2.52. The van der Waals surface area contributed by atoms with E-state index in [1.807, 2.05) is 123 Å². The van der Waals surface area contributed by atoms with Gasteiger partial charge in [0.2, 0.25) is 17.7 Å². The lowest BCUT2D eigenvalue weighted by atomic mass is 10.00. The van der Waals surface area contributed by atoms with Crippen molar-refractivity contribution >= 4 is 34.3 Å². The highest BCUT2D eigenvalue weighted by molar-refractivity contribution is 6.05. The quantitative estimate of drug-likeness (QED) is 0.233. The number of nitrogens with one attached hydrogen (secondary N) is 2. The predicted molar refractivity (Wildman–Crippen MR) is 162 cm³/mol. The van der Waals surface area contributed by atoms with E-state index in [1.54, 1.807) is 0 Å². The summed E-state index contributed by atoms with van der Waals surface area (Å²) in [5.41, 5.74) is 5.88. The van der Waals surface area contributed by atoms with E-state index < -0.39 is 23.8 Å². The smallest absolute Gasteiger partial charge is 0.248 e. The summed E-state index contributed by atoms with van der Waals surface area (Å²) in [5, 5.41) is 3.98.